The zero-order valence-electron chi connectivity index (χ0n) is 17.2. The number of aryl methyl sites for hydroxylation is 3. The fraction of sp³-hybridized carbons (Fsp3) is 0.409. The standard InChI is InChI=1S/C22H25N3O2S2/c1-5-24-21(27)18-13(2)14(3)28-19(18)23-22(24)29-15(4)20(26)25-12-8-10-16-9-6-7-11-17(16)25/h6-7,9,11,15H,5,8,10,12H2,1-4H3. The van der Waals surface area contributed by atoms with Gasteiger partial charge in [0.15, 0.2) is 5.16 Å². The van der Waals surface area contributed by atoms with E-state index in [4.69, 9.17) is 4.98 Å². The number of para-hydroxylation sites is 1. The van der Waals surface area contributed by atoms with Gasteiger partial charge in [-0.2, -0.15) is 0 Å². The van der Waals surface area contributed by atoms with Crippen molar-refractivity contribution in [2.24, 2.45) is 0 Å². The highest BCUT2D eigenvalue weighted by molar-refractivity contribution is 8.00. The van der Waals surface area contributed by atoms with Crippen LogP contribution >= 0.6 is 23.1 Å². The number of nitrogens with zero attached hydrogens (tertiary/aromatic N) is 3. The Morgan fingerprint density at radius 2 is 2.07 bits per heavy atom. The van der Waals surface area contributed by atoms with E-state index in [1.807, 2.05) is 50.8 Å². The van der Waals surface area contributed by atoms with Crippen LogP contribution in [0.25, 0.3) is 10.2 Å². The topological polar surface area (TPSA) is 55.2 Å². The molecule has 0 saturated carbocycles. The molecule has 3 heterocycles. The number of anilines is 1. The van der Waals surface area contributed by atoms with Crippen LogP contribution in [0, 0.1) is 13.8 Å². The Hall–Kier alpha value is -2.12. The average molecular weight is 428 g/mol. The summed E-state index contributed by atoms with van der Waals surface area (Å²) in [5.41, 5.74) is 3.23. The highest BCUT2D eigenvalue weighted by Gasteiger charge is 2.28. The minimum atomic E-state index is -0.328. The third-order valence-electron chi connectivity index (χ3n) is 5.58. The Balaban J connectivity index is 1.67. The van der Waals surface area contributed by atoms with Gasteiger partial charge in [-0.15, -0.1) is 11.3 Å². The zero-order chi connectivity index (χ0) is 20.7. The molecule has 1 atom stereocenters. The summed E-state index contributed by atoms with van der Waals surface area (Å²) in [4.78, 5) is 34.9. The number of carbonyl (C=O) groups excluding carboxylic acids is 1. The molecule has 1 aliphatic heterocycles. The van der Waals surface area contributed by atoms with Crippen LogP contribution < -0.4 is 10.5 Å². The lowest BCUT2D eigenvalue weighted by molar-refractivity contribution is -0.117. The Labute approximate surface area is 178 Å². The van der Waals surface area contributed by atoms with Crippen molar-refractivity contribution >= 4 is 44.9 Å². The first-order valence-electron chi connectivity index (χ1n) is 9.98. The summed E-state index contributed by atoms with van der Waals surface area (Å²) in [5, 5.41) is 1.01. The molecule has 0 aliphatic carbocycles. The minimum absolute atomic E-state index is 0.00943. The highest BCUT2D eigenvalue weighted by atomic mass is 32.2. The Kier molecular flexibility index (Phi) is 5.53. The monoisotopic (exact) mass is 427 g/mol. The van der Waals surface area contributed by atoms with Crippen molar-refractivity contribution in [1.29, 1.82) is 0 Å². The van der Waals surface area contributed by atoms with E-state index in [2.05, 4.69) is 6.07 Å². The minimum Gasteiger partial charge on any atom is -0.311 e. The molecule has 152 valence electrons. The first-order chi connectivity index (χ1) is 13.9. The maximum absolute atomic E-state index is 13.3. The normalized spacial score (nSPS) is 14.8. The molecule has 1 unspecified atom stereocenters. The number of rotatable bonds is 4. The number of carbonyl (C=O) groups is 1. The molecule has 0 N–H and O–H groups in total. The third-order valence-corrected chi connectivity index (χ3v) is 7.76. The van der Waals surface area contributed by atoms with E-state index in [1.54, 1.807) is 15.9 Å². The molecule has 0 radical (unpaired) electrons. The van der Waals surface area contributed by atoms with Crippen LogP contribution in [0.5, 0.6) is 0 Å². The molecule has 5 nitrogen and oxygen atoms in total. The smallest absolute Gasteiger partial charge is 0.263 e. The predicted octanol–water partition coefficient (Wildman–Crippen LogP) is 4.55. The van der Waals surface area contributed by atoms with Gasteiger partial charge in [-0.25, -0.2) is 4.98 Å². The Morgan fingerprint density at radius 1 is 1.31 bits per heavy atom. The summed E-state index contributed by atoms with van der Waals surface area (Å²) in [6, 6.07) is 8.12. The average Bonchev–Trinajstić information content (AvgIpc) is 3.01. The van der Waals surface area contributed by atoms with Crippen molar-refractivity contribution in [3.63, 3.8) is 0 Å². The molecule has 4 rings (SSSR count). The van der Waals surface area contributed by atoms with Gasteiger partial charge in [0, 0.05) is 23.7 Å². The molecule has 1 aliphatic rings. The molecule has 2 aromatic heterocycles. The fourth-order valence-electron chi connectivity index (χ4n) is 3.87. The first kappa shape index (κ1) is 20.2. The molecule has 3 aromatic rings. The number of amides is 1. The summed E-state index contributed by atoms with van der Waals surface area (Å²) in [6.07, 6.45) is 1.98. The number of aromatic nitrogens is 2. The number of hydrogen-bond donors (Lipinski definition) is 0. The van der Waals surface area contributed by atoms with Gasteiger partial charge in [-0.3, -0.25) is 14.2 Å². The van der Waals surface area contributed by atoms with Crippen LogP contribution in [0.1, 0.15) is 36.3 Å². The molecule has 0 saturated heterocycles. The van der Waals surface area contributed by atoms with Gasteiger partial charge in [0.2, 0.25) is 5.91 Å². The van der Waals surface area contributed by atoms with Crippen molar-refractivity contribution in [2.75, 3.05) is 11.4 Å². The van der Waals surface area contributed by atoms with Gasteiger partial charge in [0.05, 0.1) is 10.6 Å². The molecule has 7 heteroatoms. The largest absolute Gasteiger partial charge is 0.311 e. The second-order valence-electron chi connectivity index (χ2n) is 7.39. The van der Waals surface area contributed by atoms with Crippen molar-refractivity contribution in [1.82, 2.24) is 9.55 Å². The summed E-state index contributed by atoms with van der Waals surface area (Å²) in [5.74, 6) is 0.0673. The summed E-state index contributed by atoms with van der Waals surface area (Å²) >= 11 is 2.93. The van der Waals surface area contributed by atoms with E-state index in [0.29, 0.717) is 17.1 Å². The maximum Gasteiger partial charge on any atom is 0.263 e. The molecule has 29 heavy (non-hydrogen) atoms. The van der Waals surface area contributed by atoms with Crippen LogP contribution in [-0.2, 0) is 17.8 Å². The van der Waals surface area contributed by atoms with E-state index in [-0.39, 0.29) is 16.7 Å². The third kappa shape index (κ3) is 3.51. The number of hydrogen-bond acceptors (Lipinski definition) is 5. The van der Waals surface area contributed by atoms with Crippen molar-refractivity contribution in [2.45, 2.75) is 57.5 Å². The Morgan fingerprint density at radius 3 is 2.83 bits per heavy atom. The molecular formula is C22H25N3O2S2. The summed E-state index contributed by atoms with van der Waals surface area (Å²) in [6.45, 7) is 9.11. The Bertz CT molecular complexity index is 1150. The predicted molar refractivity (Wildman–Crippen MR) is 121 cm³/mol. The van der Waals surface area contributed by atoms with Gasteiger partial charge in [0.1, 0.15) is 4.83 Å². The van der Waals surface area contributed by atoms with Crippen molar-refractivity contribution in [3.05, 3.63) is 50.6 Å². The summed E-state index contributed by atoms with van der Waals surface area (Å²) < 4.78 is 1.69. The first-order valence-corrected chi connectivity index (χ1v) is 11.7. The quantitative estimate of drug-likeness (QED) is 0.453. The van der Waals surface area contributed by atoms with Gasteiger partial charge in [0.25, 0.3) is 5.56 Å². The molecule has 0 fully saturated rings. The molecule has 0 spiro atoms. The van der Waals surface area contributed by atoms with Crippen molar-refractivity contribution in [3.8, 4) is 0 Å². The number of fused-ring (bicyclic) bond motifs is 2. The lowest BCUT2D eigenvalue weighted by Crippen LogP contribution is -2.40. The van der Waals surface area contributed by atoms with Crippen LogP contribution in [0.4, 0.5) is 5.69 Å². The lowest BCUT2D eigenvalue weighted by atomic mass is 10.0. The van der Waals surface area contributed by atoms with Crippen LogP contribution in [-0.4, -0.2) is 27.3 Å². The highest BCUT2D eigenvalue weighted by Crippen LogP contribution is 2.32. The maximum atomic E-state index is 13.3. The van der Waals surface area contributed by atoms with Gasteiger partial charge < -0.3 is 4.90 Å². The zero-order valence-corrected chi connectivity index (χ0v) is 18.8. The SMILES string of the molecule is CCn1c(SC(C)C(=O)N2CCCc3ccccc32)nc2sc(C)c(C)c2c1=O. The second kappa shape index (κ2) is 7.95. The van der Waals surface area contributed by atoms with Gasteiger partial charge in [-0.1, -0.05) is 30.0 Å². The number of thiophene rings is 1. The van der Waals surface area contributed by atoms with E-state index in [0.717, 1.165) is 40.3 Å². The van der Waals surface area contributed by atoms with Crippen molar-refractivity contribution < 1.29 is 4.79 Å². The van der Waals surface area contributed by atoms with Gasteiger partial charge in [-0.05, 0) is 57.7 Å². The van der Waals surface area contributed by atoms with Crippen LogP contribution in [0.15, 0.2) is 34.2 Å². The molecule has 0 bridgehead atoms. The van der Waals surface area contributed by atoms with E-state index >= 15 is 0 Å². The number of benzene rings is 1. The van der Waals surface area contributed by atoms with E-state index in [9.17, 15) is 9.59 Å². The fourth-order valence-corrected chi connectivity index (χ4v) is 5.97. The van der Waals surface area contributed by atoms with Crippen LogP contribution in [0.2, 0.25) is 0 Å². The molecule has 1 amide bonds. The van der Waals surface area contributed by atoms with Crippen LogP contribution in [0.3, 0.4) is 0 Å². The molecule has 1 aromatic carbocycles. The molecular weight excluding hydrogens is 402 g/mol. The van der Waals surface area contributed by atoms with E-state index in [1.165, 1.54) is 17.3 Å². The summed E-state index contributed by atoms with van der Waals surface area (Å²) in [7, 11) is 0. The van der Waals surface area contributed by atoms with Gasteiger partial charge >= 0.3 is 0 Å². The lowest BCUT2D eigenvalue weighted by Gasteiger charge is -2.31. The van der Waals surface area contributed by atoms with E-state index < -0.39 is 0 Å². The second-order valence-corrected chi connectivity index (χ2v) is 9.90. The number of thioether (sulfide) groups is 1.